The Morgan fingerprint density at radius 3 is 2.59 bits per heavy atom. The molecule has 2 aromatic carbocycles. The number of para-hydroxylation sites is 1. The lowest BCUT2D eigenvalue weighted by Crippen LogP contribution is -2.39. The number of hydrogen-bond acceptors (Lipinski definition) is 4. The van der Waals surface area contributed by atoms with E-state index in [1.807, 2.05) is 17.0 Å². The van der Waals surface area contributed by atoms with E-state index in [4.69, 9.17) is 4.74 Å². The summed E-state index contributed by atoms with van der Waals surface area (Å²) in [7, 11) is 1.74. The van der Waals surface area contributed by atoms with Crippen LogP contribution in [0.1, 0.15) is 65.6 Å². The van der Waals surface area contributed by atoms with Gasteiger partial charge in [0.2, 0.25) is 5.91 Å². The van der Waals surface area contributed by atoms with Gasteiger partial charge < -0.3 is 14.5 Å². The first-order chi connectivity index (χ1) is 16.6. The molecule has 5 heteroatoms. The number of methoxy groups -OCH3 is 1. The van der Waals surface area contributed by atoms with Crippen molar-refractivity contribution in [3.05, 3.63) is 58.7 Å². The summed E-state index contributed by atoms with van der Waals surface area (Å²) >= 11 is 0. The van der Waals surface area contributed by atoms with E-state index in [0.717, 1.165) is 75.3 Å². The third-order valence-corrected chi connectivity index (χ3v) is 7.97. The summed E-state index contributed by atoms with van der Waals surface area (Å²) in [6.07, 6.45) is 8.27. The summed E-state index contributed by atoms with van der Waals surface area (Å²) in [5.74, 6) is 2.12. The van der Waals surface area contributed by atoms with Crippen molar-refractivity contribution in [2.75, 3.05) is 38.2 Å². The molecule has 34 heavy (non-hydrogen) atoms. The molecule has 3 heterocycles. The Labute approximate surface area is 203 Å². The Bertz CT molecular complexity index is 1040. The highest BCUT2D eigenvalue weighted by atomic mass is 16.5. The molecule has 0 bridgehead atoms. The molecule has 5 rings (SSSR count). The number of ketones is 1. The Morgan fingerprint density at radius 2 is 1.79 bits per heavy atom. The van der Waals surface area contributed by atoms with Crippen LogP contribution < -0.4 is 9.64 Å². The molecule has 5 nitrogen and oxygen atoms in total. The minimum atomic E-state index is 0.238. The topological polar surface area (TPSA) is 49.9 Å². The lowest BCUT2D eigenvalue weighted by Gasteiger charge is -2.35. The van der Waals surface area contributed by atoms with Crippen LogP contribution in [0.5, 0.6) is 5.75 Å². The maximum atomic E-state index is 13.1. The molecular formula is C29H36N2O3. The highest BCUT2D eigenvalue weighted by Gasteiger charge is 2.30. The van der Waals surface area contributed by atoms with Crippen molar-refractivity contribution in [1.29, 1.82) is 0 Å². The average Bonchev–Trinajstić information content (AvgIpc) is 2.88. The Hall–Kier alpha value is -2.66. The number of rotatable bonds is 8. The second kappa shape index (κ2) is 10.3. The number of ether oxygens (including phenoxy) is 1. The summed E-state index contributed by atoms with van der Waals surface area (Å²) in [4.78, 5) is 29.9. The van der Waals surface area contributed by atoms with Gasteiger partial charge in [-0.15, -0.1) is 0 Å². The number of likely N-dealkylation sites (tertiary alicyclic amines) is 1. The molecule has 180 valence electrons. The zero-order chi connectivity index (χ0) is 23.5. The van der Waals surface area contributed by atoms with Crippen LogP contribution in [0.15, 0.2) is 36.4 Å². The van der Waals surface area contributed by atoms with Gasteiger partial charge in [0.05, 0.1) is 12.8 Å². The number of anilines is 1. The van der Waals surface area contributed by atoms with Gasteiger partial charge in [-0.3, -0.25) is 9.59 Å². The van der Waals surface area contributed by atoms with Crippen LogP contribution >= 0.6 is 0 Å². The van der Waals surface area contributed by atoms with Crippen molar-refractivity contribution in [2.24, 2.45) is 5.92 Å². The first-order valence-corrected chi connectivity index (χ1v) is 13.0. The van der Waals surface area contributed by atoms with Crippen molar-refractivity contribution in [3.8, 4) is 5.75 Å². The molecule has 1 saturated heterocycles. The Morgan fingerprint density at radius 1 is 1.03 bits per heavy atom. The van der Waals surface area contributed by atoms with Gasteiger partial charge in [-0.1, -0.05) is 18.2 Å². The average molecular weight is 461 g/mol. The molecule has 0 saturated carbocycles. The maximum Gasteiger partial charge on any atom is 0.227 e. The molecule has 3 aliphatic heterocycles. The van der Waals surface area contributed by atoms with Crippen molar-refractivity contribution < 1.29 is 14.3 Å². The maximum absolute atomic E-state index is 13.1. The summed E-state index contributed by atoms with van der Waals surface area (Å²) in [5, 5.41) is 0. The smallest absolute Gasteiger partial charge is 0.227 e. The predicted octanol–water partition coefficient (Wildman–Crippen LogP) is 4.84. The summed E-state index contributed by atoms with van der Waals surface area (Å²) < 4.78 is 5.48. The highest BCUT2D eigenvalue weighted by molar-refractivity contribution is 6.01. The number of Topliss-reactive ketones (excluding diaryl/α,β-unsaturated/α-hetero) is 1. The molecule has 1 amide bonds. The monoisotopic (exact) mass is 460 g/mol. The number of piperidine rings is 1. The number of carbonyl (C=O) groups excluding carboxylic acids is 2. The molecule has 0 aromatic heterocycles. The zero-order valence-electron chi connectivity index (χ0n) is 20.4. The van der Waals surface area contributed by atoms with Crippen LogP contribution in [0.4, 0.5) is 5.69 Å². The van der Waals surface area contributed by atoms with Gasteiger partial charge in [0, 0.05) is 31.5 Å². The second-order valence-corrected chi connectivity index (χ2v) is 10.1. The normalized spacial score (nSPS) is 18.6. The molecule has 2 aromatic rings. The van der Waals surface area contributed by atoms with Gasteiger partial charge in [0.25, 0.3) is 0 Å². The van der Waals surface area contributed by atoms with Crippen LogP contribution in [0, 0.1) is 5.92 Å². The van der Waals surface area contributed by atoms with Gasteiger partial charge in [0.15, 0.2) is 5.78 Å². The Kier molecular flexibility index (Phi) is 7.00. The van der Waals surface area contributed by atoms with E-state index in [2.05, 4.69) is 29.2 Å². The van der Waals surface area contributed by atoms with Crippen molar-refractivity contribution in [2.45, 2.75) is 57.8 Å². The minimum absolute atomic E-state index is 0.238. The fourth-order valence-electron chi connectivity index (χ4n) is 5.98. The third-order valence-electron chi connectivity index (χ3n) is 7.97. The SMILES string of the molecule is COc1ccccc1CCN1CCC(CCC(=O)c2cc3c4c(c2)CCC(=O)N4CCC3)CC1. The van der Waals surface area contributed by atoms with E-state index >= 15 is 0 Å². The van der Waals surface area contributed by atoms with E-state index in [1.165, 1.54) is 29.5 Å². The van der Waals surface area contributed by atoms with Crippen molar-refractivity contribution >= 4 is 17.4 Å². The van der Waals surface area contributed by atoms with Gasteiger partial charge in [-0.05, 0) is 98.8 Å². The van der Waals surface area contributed by atoms with Crippen molar-refractivity contribution in [1.82, 2.24) is 4.90 Å². The molecule has 0 radical (unpaired) electrons. The first kappa shape index (κ1) is 23.1. The van der Waals surface area contributed by atoms with E-state index in [9.17, 15) is 9.59 Å². The lowest BCUT2D eigenvalue weighted by molar-refractivity contribution is -0.119. The van der Waals surface area contributed by atoms with Crippen LogP contribution in [-0.4, -0.2) is 49.9 Å². The van der Waals surface area contributed by atoms with E-state index < -0.39 is 0 Å². The van der Waals surface area contributed by atoms with E-state index in [-0.39, 0.29) is 11.7 Å². The van der Waals surface area contributed by atoms with Gasteiger partial charge in [0.1, 0.15) is 5.75 Å². The summed E-state index contributed by atoms with van der Waals surface area (Å²) in [5.41, 5.74) is 5.64. The molecular weight excluding hydrogens is 424 g/mol. The number of nitrogens with zero attached hydrogens (tertiary/aromatic N) is 2. The molecule has 3 aliphatic rings. The van der Waals surface area contributed by atoms with Gasteiger partial charge in [-0.25, -0.2) is 0 Å². The minimum Gasteiger partial charge on any atom is -0.496 e. The zero-order valence-corrected chi connectivity index (χ0v) is 20.4. The standard InChI is InChI=1S/C29H36N2O3/c1-34-27-7-3-2-5-22(27)14-18-30-16-12-21(13-17-30)8-10-26(32)25-19-23-6-4-15-31-28(33)11-9-24(20-25)29(23)31/h2-3,5,7,19-21H,4,6,8-18H2,1H3. The first-order valence-electron chi connectivity index (χ1n) is 13.0. The number of benzene rings is 2. The fraction of sp³-hybridized carbons (Fsp3) is 0.517. The molecule has 0 spiro atoms. The molecule has 0 N–H and O–H groups in total. The van der Waals surface area contributed by atoms with Gasteiger partial charge in [-0.2, -0.15) is 0 Å². The van der Waals surface area contributed by atoms with E-state index in [0.29, 0.717) is 18.8 Å². The fourth-order valence-corrected chi connectivity index (χ4v) is 5.98. The van der Waals surface area contributed by atoms with Crippen LogP contribution in [0.3, 0.4) is 0 Å². The predicted molar refractivity (Wildman–Crippen MR) is 135 cm³/mol. The Balaban J connectivity index is 1.11. The number of amides is 1. The number of carbonyl (C=O) groups is 2. The van der Waals surface area contributed by atoms with Gasteiger partial charge >= 0.3 is 0 Å². The third kappa shape index (κ3) is 4.90. The second-order valence-electron chi connectivity index (χ2n) is 10.1. The number of hydrogen-bond donors (Lipinski definition) is 0. The van der Waals surface area contributed by atoms with Crippen LogP contribution in [-0.2, 0) is 24.1 Å². The highest BCUT2D eigenvalue weighted by Crippen LogP contribution is 2.37. The van der Waals surface area contributed by atoms with Crippen molar-refractivity contribution in [3.63, 3.8) is 0 Å². The molecule has 1 fully saturated rings. The molecule has 0 atom stereocenters. The quantitative estimate of drug-likeness (QED) is 0.529. The number of aryl methyl sites for hydroxylation is 2. The van der Waals surface area contributed by atoms with E-state index in [1.54, 1.807) is 7.11 Å². The van der Waals surface area contributed by atoms with Crippen LogP contribution in [0.2, 0.25) is 0 Å². The lowest BCUT2D eigenvalue weighted by atomic mass is 9.87. The summed E-state index contributed by atoms with van der Waals surface area (Å²) in [6.45, 7) is 4.11. The largest absolute Gasteiger partial charge is 0.496 e. The molecule has 0 aliphatic carbocycles. The summed E-state index contributed by atoms with van der Waals surface area (Å²) in [6, 6.07) is 12.4. The molecule has 0 unspecified atom stereocenters. The van der Waals surface area contributed by atoms with Crippen LogP contribution in [0.25, 0.3) is 0 Å².